The van der Waals surface area contributed by atoms with E-state index in [1.54, 1.807) is 0 Å². The molecule has 6 aliphatic rings. The van der Waals surface area contributed by atoms with Crippen LogP contribution in [0, 0.1) is 29.1 Å². The van der Waals surface area contributed by atoms with Crippen molar-refractivity contribution < 1.29 is 24.2 Å². The number of carbonyl (C=O) groups excluding carboxylic acids is 2. The number of carbonyl (C=O) groups is 2. The zero-order chi connectivity index (χ0) is 29.3. The van der Waals surface area contributed by atoms with Gasteiger partial charge in [-0.2, -0.15) is 0 Å². The minimum absolute atomic E-state index is 0.108. The van der Waals surface area contributed by atoms with Gasteiger partial charge in [-0.05, 0) is 116 Å². The van der Waals surface area contributed by atoms with E-state index < -0.39 is 11.0 Å². The van der Waals surface area contributed by atoms with Gasteiger partial charge in [-0.1, -0.05) is 30.4 Å². The van der Waals surface area contributed by atoms with Crippen LogP contribution in [-0.2, 0) is 9.59 Å². The Morgan fingerprint density at radius 2 is 1.81 bits per heavy atom. The summed E-state index contributed by atoms with van der Waals surface area (Å²) in [7, 11) is 0. The molecule has 0 radical (unpaired) electrons. The van der Waals surface area contributed by atoms with Crippen molar-refractivity contribution in [3.05, 3.63) is 76.4 Å². The van der Waals surface area contributed by atoms with Crippen LogP contribution in [0.3, 0.4) is 0 Å². The summed E-state index contributed by atoms with van der Waals surface area (Å²) in [6.07, 6.45) is 9.08. The number of aliphatic hydroxyl groups is 1. The number of anilines is 1. The lowest BCUT2D eigenvalue weighted by Gasteiger charge is -2.53. The largest absolute Gasteiger partial charge is 0.454 e. The molecule has 8 rings (SSSR count). The van der Waals surface area contributed by atoms with Gasteiger partial charge < -0.3 is 19.5 Å². The minimum atomic E-state index is -1.12. The fraction of sp³-hybridized carbons (Fsp3) is 0.459. The van der Waals surface area contributed by atoms with Crippen molar-refractivity contribution in [2.45, 2.75) is 76.2 Å². The van der Waals surface area contributed by atoms with Crippen LogP contribution >= 0.6 is 0 Å². The van der Waals surface area contributed by atoms with Crippen molar-refractivity contribution in [2.75, 3.05) is 18.2 Å². The van der Waals surface area contributed by atoms with Gasteiger partial charge in [0.2, 0.25) is 12.7 Å². The van der Waals surface area contributed by atoms with Gasteiger partial charge >= 0.3 is 0 Å². The van der Waals surface area contributed by atoms with Crippen LogP contribution in [0.2, 0.25) is 0 Å². The first-order valence-electron chi connectivity index (χ1n) is 15.9. The normalized spacial score (nSPS) is 32.6. The highest BCUT2D eigenvalue weighted by atomic mass is 16.7. The van der Waals surface area contributed by atoms with Gasteiger partial charge in [-0.15, -0.1) is 0 Å². The summed E-state index contributed by atoms with van der Waals surface area (Å²) in [5.74, 6) is 9.46. The quantitative estimate of drug-likeness (QED) is 0.430. The van der Waals surface area contributed by atoms with E-state index in [9.17, 15) is 14.7 Å². The molecule has 2 heterocycles. The second-order valence-corrected chi connectivity index (χ2v) is 13.5. The summed E-state index contributed by atoms with van der Waals surface area (Å²) in [6.45, 7) is 3.26. The average molecular weight is 576 g/mol. The molecule has 2 saturated carbocycles. The van der Waals surface area contributed by atoms with E-state index in [4.69, 9.17) is 9.47 Å². The maximum atomic E-state index is 12.4. The maximum Gasteiger partial charge on any atom is 0.231 e. The topological polar surface area (TPSA) is 76.1 Å². The third-order valence-corrected chi connectivity index (χ3v) is 11.4. The van der Waals surface area contributed by atoms with Crippen LogP contribution < -0.4 is 14.4 Å². The smallest absolute Gasteiger partial charge is 0.231 e. The first-order valence-corrected chi connectivity index (χ1v) is 15.9. The third-order valence-electron chi connectivity index (χ3n) is 11.4. The van der Waals surface area contributed by atoms with E-state index in [2.05, 4.69) is 30.9 Å². The van der Waals surface area contributed by atoms with Crippen molar-refractivity contribution in [3.8, 4) is 23.3 Å². The molecule has 0 aromatic heterocycles. The highest BCUT2D eigenvalue weighted by molar-refractivity contribution is 5.95. The number of hydrogen-bond donors (Lipinski definition) is 1. The highest BCUT2D eigenvalue weighted by Crippen LogP contribution is 2.66. The number of ketones is 1. The Hall–Kier alpha value is -3.82. The predicted octanol–water partition coefficient (Wildman–Crippen LogP) is 6.22. The summed E-state index contributed by atoms with van der Waals surface area (Å²) >= 11 is 0. The minimum Gasteiger partial charge on any atom is -0.454 e. The van der Waals surface area contributed by atoms with Gasteiger partial charge in [-0.25, -0.2) is 0 Å². The molecule has 1 N–H and O–H groups in total. The summed E-state index contributed by atoms with van der Waals surface area (Å²) in [4.78, 5) is 26.4. The lowest BCUT2D eigenvalue weighted by molar-refractivity contribution is -0.117. The molecule has 220 valence electrons. The van der Waals surface area contributed by atoms with E-state index in [1.165, 1.54) is 22.3 Å². The molecule has 3 fully saturated rings. The summed E-state index contributed by atoms with van der Waals surface area (Å²) < 4.78 is 11.4. The summed E-state index contributed by atoms with van der Waals surface area (Å²) in [6, 6.07) is 14.1. The highest BCUT2D eigenvalue weighted by Gasteiger charge is 2.62. The van der Waals surface area contributed by atoms with Crippen LogP contribution in [-0.4, -0.2) is 35.7 Å². The molecule has 0 unspecified atom stereocenters. The molecule has 6 heteroatoms. The number of benzene rings is 2. The van der Waals surface area contributed by atoms with E-state index in [-0.39, 0.29) is 24.4 Å². The Morgan fingerprint density at radius 1 is 0.977 bits per heavy atom. The van der Waals surface area contributed by atoms with Gasteiger partial charge in [0, 0.05) is 42.0 Å². The number of hydrogen-bond acceptors (Lipinski definition) is 5. The van der Waals surface area contributed by atoms with Crippen molar-refractivity contribution in [3.63, 3.8) is 0 Å². The van der Waals surface area contributed by atoms with Crippen molar-refractivity contribution in [2.24, 2.45) is 17.3 Å². The zero-order valence-corrected chi connectivity index (χ0v) is 24.7. The molecule has 1 saturated heterocycles. The molecule has 2 aliphatic heterocycles. The second kappa shape index (κ2) is 9.86. The number of nitrogens with zero attached hydrogens (tertiary/aromatic N) is 1. The second-order valence-electron chi connectivity index (χ2n) is 13.5. The predicted molar refractivity (Wildman–Crippen MR) is 163 cm³/mol. The first-order chi connectivity index (χ1) is 20.8. The number of ether oxygens (including phenoxy) is 2. The van der Waals surface area contributed by atoms with Crippen LogP contribution in [0.5, 0.6) is 11.5 Å². The zero-order valence-electron chi connectivity index (χ0n) is 24.7. The molecule has 6 nitrogen and oxygen atoms in total. The monoisotopic (exact) mass is 575 g/mol. The summed E-state index contributed by atoms with van der Waals surface area (Å²) in [5.41, 5.74) is 5.52. The Kier molecular flexibility index (Phi) is 6.14. The van der Waals surface area contributed by atoms with Gasteiger partial charge in [0.1, 0.15) is 5.60 Å². The van der Waals surface area contributed by atoms with Gasteiger partial charge in [-0.3, -0.25) is 9.59 Å². The molecule has 0 spiro atoms. The van der Waals surface area contributed by atoms with E-state index in [0.29, 0.717) is 31.1 Å². The standard InChI is InChI=1S/C37H37NO5/c1-36-21-30(25-7-13-32-33(20-25)43-22-42-32)35-28-12-10-27(39)19-24(28)6-11-29(35)31(36)15-17-37(36,41)16-14-23-4-8-26(9-5-23)38-18-2-3-34(38)40/h4-5,7-9,13,19-20,29-31,41H,2-3,6,10-12,15,17-18,21-22H2,1H3/t29-,30+,31-,36-,37-/m0/s1. The average Bonchev–Trinajstić information content (AvgIpc) is 3.73. The van der Waals surface area contributed by atoms with Crippen LogP contribution in [0.25, 0.3) is 0 Å². The molecule has 1 amide bonds. The Labute approximate surface area is 252 Å². The lowest BCUT2D eigenvalue weighted by Crippen LogP contribution is -2.51. The van der Waals surface area contributed by atoms with Crippen molar-refractivity contribution in [1.82, 2.24) is 0 Å². The molecule has 2 aromatic rings. The van der Waals surface area contributed by atoms with Crippen LogP contribution in [0.1, 0.15) is 81.8 Å². The molecular weight excluding hydrogens is 538 g/mol. The number of fused-ring (bicyclic) bond motifs is 5. The number of amides is 1. The molecule has 5 atom stereocenters. The van der Waals surface area contributed by atoms with E-state index >= 15 is 0 Å². The van der Waals surface area contributed by atoms with Gasteiger partial charge in [0.15, 0.2) is 17.3 Å². The van der Waals surface area contributed by atoms with E-state index in [0.717, 1.165) is 67.8 Å². The van der Waals surface area contributed by atoms with Gasteiger partial charge in [0.25, 0.3) is 0 Å². The molecule has 2 aromatic carbocycles. The molecule has 4 aliphatic carbocycles. The van der Waals surface area contributed by atoms with Crippen LogP contribution in [0.4, 0.5) is 5.69 Å². The summed E-state index contributed by atoms with van der Waals surface area (Å²) in [5, 5.41) is 12.4. The van der Waals surface area contributed by atoms with Gasteiger partial charge in [0.05, 0.1) is 0 Å². The molecular formula is C37H37NO5. The molecule has 43 heavy (non-hydrogen) atoms. The van der Waals surface area contributed by atoms with E-state index in [1.807, 2.05) is 41.3 Å². The third kappa shape index (κ3) is 4.19. The number of rotatable bonds is 2. The SMILES string of the molecule is C[C@]12C[C@H](c3ccc4c(c3)OCO4)C3=C4CCC(=O)C=C4CC[C@H]3[C@@H]1CC[C@@]2(O)C#Cc1ccc(N2CCCC2=O)cc1. The fourth-order valence-corrected chi connectivity index (χ4v) is 9.12. The Balaban J connectivity index is 1.17. The first kappa shape index (κ1) is 26.8. The Morgan fingerprint density at radius 3 is 2.63 bits per heavy atom. The Bertz CT molecular complexity index is 1660. The molecule has 0 bridgehead atoms. The lowest BCUT2D eigenvalue weighted by atomic mass is 9.51. The van der Waals surface area contributed by atoms with Crippen molar-refractivity contribution >= 4 is 17.4 Å². The fourth-order valence-electron chi connectivity index (χ4n) is 9.12. The van der Waals surface area contributed by atoms with Crippen molar-refractivity contribution in [1.29, 1.82) is 0 Å². The maximum absolute atomic E-state index is 12.4. The van der Waals surface area contributed by atoms with Crippen LogP contribution in [0.15, 0.2) is 65.3 Å². The number of allylic oxidation sites excluding steroid dienone is 4.